The molecule has 2 aromatic rings. The minimum atomic E-state index is -4.73. The van der Waals surface area contributed by atoms with Gasteiger partial charge in [-0.3, -0.25) is 10.1 Å². The van der Waals surface area contributed by atoms with E-state index in [0.717, 1.165) is 12.1 Å². The largest absolute Gasteiger partial charge is 0.447 e. The van der Waals surface area contributed by atoms with Crippen LogP contribution in [0.25, 0.3) is 0 Å². The van der Waals surface area contributed by atoms with Gasteiger partial charge in [0.2, 0.25) is 5.75 Å². The van der Waals surface area contributed by atoms with Gasteiger partial charge in [-0.05, 0) is 30.3 Å². The Morgan fingerprint density at radius 1 is 1.09 bits per heavy atom. The lowest BCUT2D eigenvalue weighted by Crippen LogP contribution is -2.06. The third kappa shape index (κ3) is 3.53. The maximum absolute atomic E-state index is 13.6. The molecule has 22 heavy (non-hydrogen) atoms. The molecule has 0 spiro atoms. The van der Waals surface area contributed by atoms with Gasteiger partial charge in [0.1, 0.15) is 0 Å². The van der Waals surface area contributed by atoms with E-state index in [9.17, 15) is 27.7 Å². The molecule has 0 aromatic heterocycles. The lowest BCUT2D eigenvalue weighted by atomic mass is 10.2. The van der Waals surface area contributed by atoms with Crippen molar-refractivity contribution in [1.82, 2.24) is 0 Å². The van der Waals surface area contributed by atoms with E-state index >= 15 is 0 Å². The first kappa shape index (κ1) is 16.2. The Labute approximate surface area is 129 Å². The quantitative estimate of drug-likeness (QED) is 0.412. The van der Waals surface area contributed by atoms with Crippen molar-refractivity contribution < 1.29 is 27.2 Å². The minimum Gasteiger partial charge on any atom is -0.447 e. The first-order chi connectivity index (χ1) is 10.2. The van der Waals surface area contributed by atoms with Gasteiger partial charge in [-0.2, -0.15) is 13.2 Å². The molecule has 0 fully saturated rings. The van der Waals surface area contributed by atoms with E-state index in [1.54, 1.807) is 0 Å². The van der Waals surface area contributed by atoms with Crippen LogP contribution in [0.5, 0.6) is 11.5 Å². The predicted molar refractivity (Wildman–Crippen MR) is 72.3 cm³/mol. The van der Waals surface area contributed by atoms with Crippen molar-refractivity contribution in [2.24, 2.45) is 0 Å². The van der Waals surface area contributed by atoms with Crippen LogP contribution < -0.4 is 4.74 Å². The van der Waals surface area contributed by atoms with E-state index in [1.807, 2.05) is 0 Å². The zero-order valence-corrected chi connectivity index (χ0v) is 12.1. The maximum Gasteiger partial charge on any atom is 0.416 e. The number of benzene rings is 2. The van der Waals surface area contributed by atoms with E-state index < -0.39 is 33.9 Å². The third-order valence-corrected chi connectivity index (χ3v) is 3.09. The van der Waals surface area contributed by atoms with Crippen LogP contribution in [-0.2, 0) is 6.18 Å². The van der Waals surface area contributed by atoms with Crippen molar-refractivity contribution >= 4 is 21.6 Å². The maximum atomic E-state index is 13.6. The second kappa shape index (κ2) is 5.91. The van der Waals surface area contributed by atoms with E-state index in [2.05, 4.69) is 15.9 Å². The van der Waals surface area contributed by atoms with Crippen molar-refractivity contribution in [2.45, 2.75) is 6.18 Å². The molecule has 0 aliphatic rings. The van der Waals surface area contributed by atoms with Gasteiger partial charge in [0, 0.05) is 10.5 Å². The highest BCUT2D eigenvalue weighted by atomic mass is 79.9. The molecule has 0 aliphatic carbocycles. The fraction of sp³-hybridized carbons (Fsp3) is 0.0769. The van der Waals surface area contributed by atoms with Crippen LogP contribution in [-0.4, -0.2) is 4.92 Å². The highest BCUT2D eigenvalue weighted by molar-refractivity contribution is 9.10. The summed E-state index contributed by atoms with van der Waals surface area (Å²) in [4.78, 5) is 9.86. The number of ether oxygens (including phenoxy) is 1. The molecule has 0 heterocycles. The van der Waals surface area contributed by atoms with Crippen LogP contribution >= 0.6 is 15.9 Å². The zero-order chi connectivity index (χ0) is 16.5. The number of hydrogen-bond acceptors (Lipinski definition) is 3. The standard InChI is InChI=1S/C13H6BrF4NO3/c14-8-2-4-11(9(15)6-8)22-12-3-1-7(13(16,17)18)5-10(12)19(20)21/h1-6H. The minimum absolute atomic E-state index is 0.339. The average molecular weight is 380 g/mol. The van der Waals surface area contributed by atoms with Gasteiger partial charge in [0.25, 0.3) is 0 Å². The number of alkyl halides is 3. The van der Waals surface area contributed by atoms with Crippen molar-refractivity contribution in [2.75, 3.05) is 0 Å². The Bertz CT molecular complexity index is 734. The number of hydrogen-bond donors (Lipinski definition) is 0. The van der Waals surface area contributed by atoms with E-state index in [-0.39, 0.29) is 5.75 Å². The molecule has 0 bridgehead atoms. The zero-order valence-electron chi connectivity index (χ0n) is 10.5. The average Bonchev–Trinajstić information content (AvgIpc) is 2.40. The van der Waals surface area contributed by atoms with Gasteiger partial charge in [-0.1, -0.05) is 15.9 Å². The molecule has 116 valence electrons. The fourth-order valence-corrected chi connectivity index (χ4v) is 1.93. The summed E-state index contributed by atoms with van der Waals surface area (Å²) in [5.74, 6) is -1.64. The second-order valence-corrected chi connectivity index (χ2v) is 5.03. The Hall–Kier alpha value is -2.16. The van der Waals surface area contributed by atoms with E-state index in [1.165, 1.54) is 12.1 Å². The van der Waals surface area contributed by atoms with Gasteiger partial charge in [0.15, 0.2) is 11.6 Å². The number of rotatable bonds is 3. The van der Waals surface area contributed by atoms with Crippen molar-refractivity contribution in [3.63, 3.8) is 0 Å². The lowest BCUT2D eigenvalue weighted by molar-refractivity contribution is -0.385. The summed E-state index contributed by atoms with van der Waals surface area (Å²) in [5, 5.41) is 10.9. The molecular formula is C13H6BrF4NO3. The SMILES string of the molecule is O=[N+]([O-])c1cc(C(F)(F)F)ccc1Oc1ccc(Br)cc1F. The van der Waals surface area contributed by atoms with Crippen LogP contribution in [0.1, 0.15) is 5.56 Å². The molecule has 0 aliphatic heterocycles. The number of halogens is 5. The monoisotopic (exact) mass is 379 g/mol. The van der Waals surface area contributed by atoms with Crippen LogP contribution in [0.4, 0.5) is 23.2 Å². The number of nitrogens with zero attached hydrogens (tertiary/aromatic N) is 1. The fourth-order valence-electron chi connectivity index (χ4n) is 1.60. The summed E-state index contributed by atoms with van der Waals surface area (Å²) < 4.78 is 56.8. The Balaban J connectivity index is 2.44. The Kier molecular flexibility index (Phi) is 4.36. The lowest BCUT2D eigenvalue weighted by Gasteiger charge is -2.10. The summed E-state index contributed by atoms with van der Waals surface area (Å²) in [6.07, 6.45) is -4.73. The molecule has 2 rings (SSSR count). The highest BCUT2D eigenvalue weighted by Gasteiger charge is 2.33. The van der Waals surface area contributed by atoms with Gasteiger partial charge in [-0.15, -0.1) is 0 Å². The highest BCUT2D eigenvalue weighted by Crippen LogP contribution is 2.38. The molecule has 0 atom stereocenters. The summed E-state index contributed by atoms with van der Waals surface area (Å²) in [6, 6.07) is 5.42. The van der Waals surface area contributed by atoms with Crippen LogP contribution in [0.15, 0.2) is 40.9 Å². The molecule has 0 saturated heterocycles. The number of nitro benzene ring substituents is 1. The Morgan fingerprint density at radius 3 is 2.27 bits per heavy atom. The second-order valence-electron chi connectivity index (χ2n) is 4.11. The molecule has 0 amide bonds. The smallest absolute Gasteiger partial charge is 0.416 e. The molecule has 0 saturated carbocycles. The summed E-state index contributed by atoms with van der Waals surface area (Å²) in [6.45, 7) is 0. The topological polar surface area (TPSA) is 52.4 Å². The normalized spacial score (nSPS) is 11.3. The molecule has 0 radical (unpaired) electrons. The van der Waals surface area contributed by atoms with Gasteiger partial charge >= 0.3 is 11.9 Å². The first-order valence-electron chi connectivity index (χ1n) is 5.67. The molecule has 9 heteroatoms. The van der Waals surface area contributed by atoms with Crippen LogP contribution in [0.3, 0.4) is 0 Å². The van der Waals surface area contributed by atoms with E-state index in [4.69, 9.17) is 4.74 Å². The molecular weight excluding hydrogens is 374 g/mol. The molecule has 0 N–H and O–H groups in total. The third-order valence-electron chi connectivity index (χ3n) is 2.60. The number of nitro groups is 1. The molecule has 2 aromatic carbocycles. The van der Waals surface area contributed by atoms with Crippen LogP contribution in [0.2, 0.25) is 0 Å². The molecule has 4 nitrogen and oxygen atoms in total. The van der Waals surface area contributed by atoms with Gasteiger partial charge < -0.3 is 4.74 Å². The first-order valence-corrected chi connectivity index (χ1v) is 6.46. The molecule has 0 unspecified atom stereocenters. The van der Waals surface area contributed by atoms with Crippen LogP contribution in [0, 0.1) is 15.9 Å². The van der Waals surface area contributed by atoms with Gasteiger partial charge in [-0.25, -0.2) is 4.39 Å². The van der Waals surface area contributed by atoms with Gasteiger partial charge in [0.05, 0.1) is 10.5 Å². The summed E-state index contributed by atoms with van der Waals surface area (Å²) >= 11 is 3.02. The Morgan fingerprint density at radius 2 is 1.73 bits per heavy atom. The summed E-state index contributed by atoms with van der Waals surface area (Å²) in [5.41, 5.74) is -2.10. The van der Waals surface area contributed by atoms with Crippen molar-refractivity contribution in [3.05, 3.63) is 62.4 Å². The van der Waals surface area contributed by atoms with Crippen molar-refractivity contribution in [3.8, 4) is 11.5 Å². The van der Waals surface area contributed by atoms with Crippen molar-refractivity contribution in [1.29, 1.82) is 0 Å². The summed E-state index contributed by atoms with van der Waals surface area (Å²) in [7, 11) is 0. The van der Waals surface area contributed by atoms with E-state index in [0.29, 0.717) is 16.6 Å². The predicted octanol–water partition coefficient (Wildman–Crippen LogP) is 5.31.